The molecular weight excluding hydrogens is 491 g/mol. The Kier molecular flexibility index (Phi) is 8.03. The van der Waals surface area contributed by atoms with E-state index in [4.69, 9.17) is 9.84 Å². The van der Waals surface area contributed by atoms with Crippen molar-refractivity contribution >= 4 is 28.9 Å². The molecule has 7 nitrogen and oxygen atoms in total. The van der Waals surface area contributed by atoms with Gasteiger partial charge in [0.25, 0.3) is 11.8 Å². The van der Waals surface area contributed by atoms with Gasteiger partial charge in [0.2, 0.25) is 0 Å². The van der Waals surface area contributed by atoms with Gasteiger partial charge in [-0.2, -0.15) is 5.10 Å². The molecule has 3 aromatic rings. The van der Waals surface area contributed by atoms with Crippen molar-refractivity contribution in [3.63, 3.8) is 0 Å². The lowest BCUT2D eigenvalue weighted by molar-refractivity contribution is -0.133. The summed E-state index contributed by atoms with van der Waals surface area (Å²) in [6.45, 7) is 3.45. The second-order valence-corrected chi connectivity index (χ2v) is 10.0. The zero-order valence-corrected chi connectivity index (χ0v) is 21.3. The number of hydrogen-bond acceptors (Lipinski definition) is 6. The Balaban J connectivity index is 1.39. The first-order valence-electron chi connectivity index (χ1n) is 12.4. The Bertz CT molecular complexity index is 1250. The van der Waals surface area contributed by atoms with Crippen LogP contribution in [0.2, 0.25) is 0 Å². The van der Waals surface area contributed by atoms with E-state index in [1.54, 1.807) is 23.5 Å². The minimum Gasteiger partial charge on any atom is -0.379 e. The zero-order chi connectivity index (χ0) is 25.6. The lowest BCUT2D eigenvalue weighted by Crippen LogP contribution is -2.46. The minimum absolute atomic E-state index is 0.0407. The average molecular weight is 521 g/mol. The van der Waals surface area contributed by atoms with Gasteiger partial charge in [-0.1, -0.05) is 48.5 Å². The Labute approximate surface area is 219 Å². The van der Waals surface area contributed by atoms with Gasteiger partial charge >= 0.3 is 0 Å². The maximum Gasteiger partial charge on any atom is 0.262 e. The van der Waals surface area contributed by atoms with E-state index in [-0.39, 0.29) is 24.1 Å². The highest BCUT2D eigenvalue weighted by atomic mass is 32.1. The molecule has 0 spiro atoms. The van der Waals surface area contributed by atoms with E-state index in [1.807, 2.05) is 47.8 Å². The van der Waals surface area contributed by atoms with E-state index >= 15 is 0 Å². The van der Waals surface area contributed by atoms with Gasteiger partial charge in [0, 0.05) is 32.6 Å². The van der Waals surface area contributed by atoms with E-state index < -0.39 is 11.7 Å². The summed E-state index contributed by atoms with van der Waals surface area (Å²) in [5, 5.41) is 8.20. The van der Waals surface area contributed by atoms with Crippen LogP contribution in [0, 0.1) is 5.82 Å². The maximum atomic E-state index is 14.5. The van der Waals surface area contributed by atoms with Crippen LogP contribution in [0.25, 0.3) is 0 Å². The van der Waals surface area contributed by atoms with Crippen LogP contribution in [0.1, 0.15) is 33.3 Å². The highest BCUT2D eigenvalue weighted by Crippen LogP contribution is 2.33. The average Bonchev–Trinajstić information content (AvgIpc) is 3.63. The molecule has 2 aliphatic heterocycles. The number of hydrogen-bond donors (Lipinski definition) is 0. The highest BCUT2D eigenvalue weighted by molar-refractivity contribution is 7.12. The fourth-order valence-corrected chi connectivity index (χ4v) is 5.37. The molecule has 5 rings (SSSR count). The first kappa shape index (κ1) is 25.3. The van der Waals surface area contributed by atoms with Gasteiger partial charge in [-0.3, -0.25) is 14.5 Å². The largest absolute Gasteiger partial charge is 0.379 e. The molecule has 1 atom stereocenters. The topological polar surface area (TPSA) is 65.5 Å². The molecule has 0 radical (unpaired) electrons. The highest BCUT2D eigenvalue weighted by Gasteiger charge is 2.35. The monoisotopic (exact) mass is 520 g/mol. The molecule has 1 saturated heterocycles. The number of amides is 2. The van der Waals surface area contributed by atoms with Crippen LogP contribution in [0.3, 0.4) is 0 Å². The molecule has 1 aromatic heterocycles. The number of rotatable bonds is 8. The number of thiophene rings is 1. The van der Waals surface area contributed by atoms with Crippen molar-refractivity contribution in [1.29, 1.82) is 0 Å². The Morgan fingerprint density at radius 1 is 1.03 bits per heavy atom. The minimum atomic E-state index is -0.599. The number of ether oxygens (including phenoxy) is 1. The van der Waals surface area contributed by atoms with Gasteiger partial charge in [0.05, 0.1) is 35.4 Å². The summed E-state index contributed by atoms with van der Waals surface area (Å²) in [6.07, 6.45) is 0.589. The van der Waals surface area contributed by atoms with E-state index in [9.17, 15) is 14.0 Å². The smallest absolute Gasteiger partial charge is 0.262 e. The van der Waals surface area contributed by atoms with Crippen molar-refractivity contribution in [1.82, 2.24) is 14.8 Å². The Morgan fingerprint density at radius 3 is 2.51 bits per heavy atom. The quantitative estimate of drug-likeness (QED) is 0.450. The van der Waals surface area contributed by atoms with E-state index in [0.717, 1.165) is 29.2 Å². The Hall–Kier alpha value is -3.40. The summed E-state index contributed by atoms with van der Waals surface area (Å²) in [4.78, 5) is 31.8. The van der Waals surface area contributed by atoms with Crippen LogP contribution < -0.4 is 0 Å². The number of morpholine rings is 1. The molecule has 0 aliphatic carbocycles. The van der Waals surface area contributed by atoms with Crippen LogP contribution in [-0.4, -0.2) is 78.3 Å². The fourth-order valence-electron chi connectivity index (χ4n) is 4.65. The number of benzene rings is 2. The molecule has 9 heteroatoms. The lowest BCUT2D eigenvalue weighted by Gasteiger charge is -2.31. The molecule has 2 aliphatic rings. The standard InChI is InChI=1S/C28H29FN4O3S/c29-23-10-5-4-9-22(23)28(35)32(13-12-31-14-16-36-17-15-31)20-27(34)33-25(21-7-2-1-3-8-21)19-24(30-33)26-11-6-18-37-26/h1-11,18,25H,12-17,19-20H2/t25-/m0/s1. The third-order valence-electron chi connectivity index (χ3n) is 6.66. The maximum absolute atomic E-state index is 14.5. The van der Waals surface area contributed by atoms with Gasteiger partial charge in [-0.05, 0) is 29.1 Å². The molecule has 0 N–H and O–H groups in total. The summed E-state index contributed by atoms with van der Waals surface area (Å²) in [7, 11) is 0. The Morgan fingerprint density at radius 2 is 1.78 bits per heavy atom. The van der Waals surface area contributed by atoms with Gasteiger partial charge < -0.3 is 9.64 Å². The number of carbonyl (C=O) groups excluding carboxylic acids is 2. The predicted octanol–water partition coefficient (Wildman–Crippen LogP) is 4.04. The van der Waals surface area contributed by atoms with Crippen molar-refractivity contribution in [2.75, 3.05) is 45.9 Å². The molecule has 2 aromatic carbocycles. The molecule has 0 unspecified atom stereocenters. The van der Waals surface area contributed by atoms with Crippen molar-refractivity contribution in [2.24, 2.45) is 5.10 Å². The number of hydrazone groups is 1. The lowest BCUT2D eigenvalue weighted by atomic mass is 10.0. The first-order chi connectivity index (χ1) is 18.1. The van der Waals surface area contributed by atoms with Crippen molar-refractivity contribution in [3.8, 4) is 0 Å². The van der Waals surface area contributed by atoms with Gasteiger partial charge in [-0.25, -0.2) is 9.40 Å². The predicted molar refractivity (Wildman–Crippen MR) is 141 cm³/mol. The fraction of sp³-hybridized carbons (Fsp3) is 0.321. The first-order valence-corrected chi connectivity index (χ1v) is 13.3. The van der Waals surface area contributed by atoms with Crippen LogP contribution in [0.4, 0.5) is 4.39 Å². The van der Waals surface area contributed by atoms with E-state index in [0.29, 0.717) is 32.7 Å². The van der Waals surface area contributed by atoms with Crippen LogP contribution >= 0.6 is 11.3 Å². The summed E-state index contributed by atoms with van der Waals surface area (Å²) in [5.41, 5.74) is 1.78. The molecule has 1 fully saturated rings. The second-order valence-electron chi connectivity index (χ2n) is 9.05. The SMILES string of the molecule is O=C(c1ccccc1F)N(CCN1CCOCC1)CC(=O)N1N=C(c2cccs2)C[C@H]1c1ccccc1. The normalized spacial score (nSPS) is 18.0. The van der Waals surface area contributed by atoms with Gasteiger partial charge in [0.1, 0.15) is 12.4 Å². The van der Waals surface area contributed by atoms with Gasteiger partial charge in [0.15, 0.2) is 0 Å². The van der Waals surface area contributed by atoms with E-state index in [1.165, 1.54) is 22.0 Å². The number of nitrogens with zero attached hydrogens (tertiary/aromatic N) is 4. The molecule has 0 bridgehead atoms. The van der Waals surface area contributed by atoms with Crippen LogP contribution in [-0.2, 0) is 9.53 Å². The molecular formula is C28H29FN4O3S. The summed E-state index contributed by atoms with van der Waals surface area (Å²) >= 11 is 1.58. The molecule has 37 heavy (non-hydrogen) atoms. The molecule has 192 valence electrons. The van der Waals surface area contributed by atoms with Crippen LogP contribution in [0.5, 0.6) is 0 Å². The third-order valence-corrected chi connectivity index (χ3v) is 7.58. The molecule has 2 amide bonds. The van der Waals surface area contributed by atoms with Crippen molar-refractivity contribution in [3.05, 3.63) is 93.9 Å². The summed E-state index contributed by atoms with van der Waals surface area (Å²) in [5.74, 6) is -1.40. The summed E-state index contributed by atoms with van der Waals surface area (Å²) in [6, 6.07) is 19.4. The third kappa shape index (κ3) is 5.95. The van der Waals surface area contributed by atoms with Gasteiger partial charge in [-0.15, -0.1) is 11.3 Å². The second kappa shape index (κ2) is 11.8. The van der Waals surface area contributed by atoms with Crippen molar-refractivity contribution < 1.29 is 18.7 Å². The van der Waals surface area contributed by atoms with Crippen molar-refractivity contribution in [2.45, 2.75) is 12.5 Å². The van der Waals surface area contributed by atoms with E-state index in [2.05, 4.69) is 4.90 Å². The zero-order valence-electron chi connectivity index (χ0n) is 20.5. The number of carbonyl (C=O) groups is 2. The molecule has 3 heterocycles. The van der Waals surface area contributed by atoms with Crippen LogP contribution in [0.15, 0.2) is 77.2 Å². The molecule has 0 saturated carbocycles. The number of halogens is 1. The summed E-state index contributed by atoms with van der Waals surface area (Å²) < 4.78 is 20.0.